The Labute approximate surface area is 169 Å². The molecule has 0 spiro atoms. The first-order valence-electron chi connectivity index (χ1n) is 8.64. The summed E-state index contributed by atoms with van der Waals surface area (Å²) in [7, 11) is 1.57. The van der Waals surface area contributed by atoms with Gasteiger partial charge < -0.3 is 4.98 Å². The largest absolute Gasteiger partial charge is 0.332 e. The predicted octanol–water partition coefficient (Wildman–Crippen LogP) is 1.63. The van der Waals surface area contributed by atoms with E-state index in [9.17, 15) is 14.4 Å². The minimum absolute atomic E-state index is 0.247. The van der Waals surface area contributed by atoms with Crippen LogP contribution in [0.15, 0.2) is 47.4 Å². The molecule has 0 saturated carbocycles. The van der Waals surface area contributed by atoms with E-state index >= 15 is 0 Å². The monoisotopic (exact) mass is 408 g/mol. The smallest absolute Gasteiger partial charge is 0.288 e. The Bertz CT molecular complexity index is 1420. The Balaban J connectivity index is 1.57. The fourth-order valence-corrected chi connectivity index (χ4v) is 3.27. The van der Waals surface area contributed by atoms with Crippen molar-refractivity contribution >= 4 is 40.6 Å². The Morgan fingerprint density at radius 3 is 2.69 bits per heavy atom. The van der Waals surface area contributed by atoms with E-state index in [0.717, 1.165) is 0 Å². The fraction of sp³-hybridized carbons (Fsp3) is 0.105. The molecule has 10 heteroatoms. The van der Waals surface area contributed by atoms with Crippen molar-refractivity contribution in [1.82, 2.24) is 29.8 Å². The highest BCUT2D eigenvalue weighted by Crippen LogP contribution is 2.12. The second kappa shape index (κ2) is 6.99. The van der Waals surface area contributed by atoms with E-state index in [2.05, 4.69) is 20.8 Å². The number of aromatic amines is 1. The van der Waals surface area contributed by atoms with Crippen LogP contribution in [0, 0.1) is 11.7 Å². The van der Waals surface area contributed by atoms with Gasteiger partial charge in [0.1, 0.15) is 11.3 Å². The van der Waals surface area contributed by atoms with Crippen molar-refractivity contribution in [3.05, 3.63) is 74.7 Å². The van der Waals surface area contributed by atoms with Crippen LogP contribution in [0.5, 0.6) is 0 Å². The summed E-state index contributed by atoms with van der Waals surface area (Å²) in [6, 6.07) is 9.94. The van der Waals surface area contributed by atoms with Crippen molar-refractivity contribution in [1.29, 1.82) is 0 Å². The molecule has 0 saturated heterocycles. The number of rotatable bonds is 2. The minimum atomic E-state index is -0.535. The van der Waals surface area contributed by atoms with Crippen LogP contribution in [0.1, 0.15) is 26.5 Å². The maximum absolute atomic E-state index is 12.6. The number of nitrogens with one attached hydrogen (secondary N) is 3. The molecular weight excluding hydrogens is 392 g/mol. The summed E-state index contributed by atoms with van der Waals surface area (Å²) in [6.45, 7) is 1.72. The number of aromatic nitrogens is 4. The summed E-state index contributed by atoms with van der Waals surface area (Å²) in [6.07, 6.45) is 1.72. The van der Waals surface area contributed by atoms with Gasteiger partial charge in [0, 0.05) is 18.8 Å². The number of hydrogen-bond donors (Lipinski definition) is 3. The molecule has 3 N–H and O–H groups in total. The number of aryl methyl sites for hydroxylation is 1. The number of carbonyl (C=O) groups excluding carboxylic acids is 2. The molecular formula is C19H16N6O3S. The number of amides is 2. The molecule has 0 radical (unpaired) electrons. The van der Waals surface area contributed by atoms with E-state index < -0.39 is 11.8 Å². The van der Waals surface area contributed by atoms with Crippen LogP contribution in [0.25, 0.3) is 16.6 Å². The van der Waals surface area contributed by atoms with Crippen LogP contribution in [-0.2, 0) is 7.05 Å². The summed E-state index contributed by atoms with van der Waals surface area (Å²) < 4.78 is 3.20. The van der Waals surface area contributed by atoms with Crippen molar-refractivity contribution in [2.24, 2.45) is 7.05 Å². The molecule has 0 bridgehead atoms. The van der Waals surface area contributed by atoms with Gasteiger partial charge in [-0.1, -0.05) is 6.07 Å². The molecule has 4 rings (SSSR count). The van der Waals surface area contributed by atoms with E-state index in [1.54, 1.807) is 36.7 Å². The third-order valence-electron chi connectivity index (χ3n) is 4.57. The van der Waals surface area contributed by atoms with Crippen LogP contribution in [-0.4, -0.2) is 30.8 Å². The molecule has 4 aromatic rings. The number of hydrogen-bond acceptors (Lipinski definition) is 5. The Morgan fingerprint density at radius 1 is 1.14 bits per heavy atom. The molecule has 0 aliphatic carbocycles. The van der Waals surface area contributed by atoms with Gasteiger partial charge in [-0.25, -0.2) is 4.98 Å². The average molecular weight is 408 g/mol. The number of H-pyrrole nitrogens is 1. The van der Waals surface area contributed by atoms with E-state index in [1.165, 1.54) is 22.8 Å². The van der Waals surface area contributed by atoms with Gasteiger partial charge in [-0.2, -0.15) is 0 Å². The first-order chi connectivity index (χ1) is 13.9. The maximum Gasteiger partial charge on any atom is 0.288 e. The van der Waals surface area contributed by atoms with Gasteiger partial charge >= 0.3 is 0 Å². The molecule has 0 unspecified atom stereocenters. The van der Waals surface area contributed by atoms with Crippen molar-refractivity contribution < 1.29 is 9.59 Å². The van der Waals surface area contributed by atoms with Crippen molar-refractivity contribution in [3.8, 4) is 0 Å². The lowest BCUT2D eigenvalue weighted by atomic mass is 10.1. The Hall–Kier alpha value is -3.79. The number of hydrazine groups is 1. The highest BCUT2D eigenvalue weighted by molar-refractivity contribution is 7.71. The molecule has 0 aliphatic rings. The lowest BCUT2D eigenvalue weighted by molar-refractivity contribution is 0.0843. The Morgan fingerprint density at radius 2 is 1.90 bits per heavy atom. The van der Waals surface area contributed by atoms with E-state index in [4.69, 9.17) is 12.2 Å². The molecule has 0 atom stereocenters. The number of pyridine rings is 1. The highest BCUT2D eigenvalue weighted by atomic mass is 32.1. The van der Waals surface area contributed by atoms with Crippen LogP contribution in [0.2, 0.25) is 0 Å². The summed E-state index contributed by atoms with van der Waals surface area (Å²) in [5.74, 6) is -1.03. The summed E-state index contributed by atoms with van der Waals surface area (Å²) in [5, 5.41) is 0.406. The summed E-state index contributed by atoms with van der Waals surface area (Å²) >= 11 is 5.10. The minimum Gasteiger partial charge on any atom is -0.332 e. The van der Waals surface area contributed by atoms with E-state index in [1.807, 2.05) is 6.07 Å². The van der Waals surface area contributed by atoms with Gasteiger partial charge in [0.2, 0.25) is 0 Å². The summed E-state index contributed by atoms with van der Waals surface area (Å²) in [5.41, 5.74) is 6.72. The van der Waals surface area contributed by atoms with Crippen molar-refractivity contribution in [2.75, 3.05) is 0 Å². The Kier molecular flexibility index (Phi) is 4.47. The first kappa shape index (κ1) is 18.6. The van der Waals surface area contributed by atoms with Crippen LogP contribution in [0.4, 0.5) is 0 Å². The third kappa shape index (κ3) is 3.19. The van der Waals surface area contributed by atoms with Gasteiger partial charge in [-0.05, 0) is 49.5 Å². The second-order valence-electron chi connectivity index (χ2n) is 6.44. The van der Waals surface area contributed by atoms with Gasteiger partial charge in [-0.3, -0.25) is 34.2 Å². The second-order valence-corrected chi connectivity index (χ2v) is 6.82. The third-order valence-corrected chi connectivity index (χ3v) is 4.95. The molecule has 2 amide bonds. The number of carbonyl (C=O) groups is 2. The summed E-state index contributed by atoms with van der Waals surface area (Å²) in [4.78, 5) is 44.5. The van der Waals surface area contributed by atoms with Crippen LogP contribution >= 0.6 is 12.2 Å². The number of imidazole rings is 1. The van der Waals surface area contributed by atoms with E-state index in [-0.39, 0.29) is 15.9 Å². The van der Waals surface area contributed by atoms with Gasteiger partial charge in [0.05, 0.1) is 16.6 Å². The molecule has 1 aromatic carbocycles. The lowest BCUT2D eigenvalue weighted by Gasteiger charge is -2.09. The molecule has 29 heavy (non-hydrogen) atoms. The zero-order valence-electron chi connectivity index (χ0n) is 15.5. The van der Waals surface area contributed by atoms with Gasteiger partial charge in [-0.15, -0.1) is 0 Å². The number of fused-ring (bicyclic) bond motifs is 2. The first-order valence-corrected chi connectivity index (χ1v) is 9.05. The molecule has 146 valence electrons. The van der Waals surface area contributed by atoms with Crippen LogP contribution in [0.3, 0.4) is 0 Å². The van der Waals surface area contributed by atoms with Gasteiger partial charge in [0.15, 0.2) is 4.77 Å². The molecule has 3 heterocycles. The topological polar surface area (TPSA) is 113 Å². The lowest BCUT2D eigenvalue weighted by Crippen LogP contribution is -2.42. The normalized spacial score (nSPS) is 11.0. The number of nitrogens with zero attached hydrogens (tertiary/aromatic N) is 3. The van der Waals surface area contributed by atoms with Crippen molar-refractivity contribution in [2.45, 2.75) is 6.92 Å². The SMILES string of the molecule is Cc1nc2ccccn2c1C(=O)NNC(=O)c1ccc2c(=O)n(C)c(=S)[nH]c2c1. The zero-order valence-corrected chi connectivity index (χ0v) is 16.3. The molecule has 0 fully saturated rings. The fourth-order valence-electron chi connectivity index (χ4n) is 3.08. The standard InChI is InChI=1S/C19H16N6O3S/c1-10-15(25-8-4-3-5-14(25)20-10)17(27)23-22-16(26)11-6-7-12-13(9-11)21-19(29)24(2)18(12)28/h3-9H,1-2H3,(H,21,29)(H,22,26)(H,23,27). The van der Waals surface area contributed by atoms with Gasteiger partial charge in [0.25, 0.3) is 17.4 Å². The van der Waals surface area contributed by atoms with Crippen molar-refractivity contribution in [3.63, 3.8) is 0 Å². The molecule has 0 aliphatic heterocycles. The highest BCUT2D eigenvalue weighted by Gasteiger charge is 2.17. The number of benzene rings is 1. The maximum atomic E-state index is 12.6. The average Bonchev–Trinajstić information content (AvgIpc) is 3.05. The zero-order chi connectivity index (χ0) is 20.7. The predicted molar refractivity (Wildman–Crippen MR) is 109 cm³/mol. The quantitative estimate of drug-likeness (QED) is 0.345. The van der Waals surface area contributed by atoms with Crippen LogP contribution < -0.4 is 16.4 Å². The molecule has 3 aromatic heterocycles. The molecule has 9 nitrogen and oxygen atoms in total. The van der Waals surface area contributed by atoms with E-state index in [0.29, 0.717) is 27.9 Å².